The molecule has 2 rings (SSSR count). The molecule has 1 atom stereocenters. The third-order valence-corrected chi connectivity index (χ3v) is 5.23. The van der Waals surface area contributed by atoms with E-state index in [1.165, 1.54) is 6.07 Å². The standard InChI is InChI=1S/C20H23F2N3O2S/c1-4-13(3)28-15-6-8-18(12(2)9-15)25-20(27)23-11-19(26)24-14-5-7-16(21)17(22)10-14/h5-10,13H,4,11H2,1-3H3,(H,24,26)(H2,23,25,27). The first-order valence-corrected chi connectivity index (χ1v) is 9.73. The minimum absolute atomic E-state index is 0.108. The second-order valence-corrected chi connectivity index (χ2v) is 7.81. The van der Waals surface area contributed by atoms with Crippen LogP contribution in [-0.2, 0) is 4.79 Å². The molecule has 0 aliphatic carbocycles. The molecule has 0 fully saturated rings. The Morgan fingerprint density at radius 3 is 2.46 bits per heavy atom. The lowest BCUT2D eigenvalue weighted by Gasteiger charge is -2.13. The van der Waals surface area contributed by atoms with E-state index in [9.17, 15) is 18.4 Å². The molecule has 0 aliphatic rings. The number of anilines is 2. The van der Waals surface area contributed by atoms with Gasteiger partial charge < -0.3 is 16.0 Å². The van der Waals surface area contributed by atoms with Crippen LogP contribution in [0.25, 0.3) is 0 Å². The molecule has 0 aromatic heterocycles. The van der Waals surface area contributed by atoms with Gasteiger partial charge in [-0.05, 0) is 49.2 Å². The zero-order valence-electron chi connectivity index (χ0n) is 15.9. The maximum Gasteiger partial charge on any atom is 0.319 e. The second kappa shape index (κ2) is 10.1. The minimum atomic E-state index is -1.06. The third-order valence-electron chi connectivity index (χ3n) is 3.97. The second-order valence-electron chi connectivity index (χ2n) is 6.30. The van der Waals surface area contributed by atoms with Gasteiger partial charge in [0, 0.05) is 27.6 Å². The number of thioether (sulfide) groups is 1. The van der Waals surface area contributed by atoms with Gasteiger partial charge in [0.25, 0.3) is 0 Å². The van der Waals surface area contributed by atoms with Crippen LogP contribution in [0.3, 0.4) is 0 Å². The van der Waals surface area contributed by atoms with E-state index in [-0.39, 0.29) is 12.2 Å². The summed E-state index contributed by atoms with van der Waals surface area (Å²) in [4.78, 5) is 25.0. The monoisotopic (exact) mass is 407 g/mol. The van der Waals surface area contributed by atoms with Crippen molar-refractivity contribution in [3.05, 3.63) is 53.6 Å². The maximum absolute atomic E-state index is 13.1. The molecule has 2 aromatic carbocycles. The number of benzene rings is 2. The Bertz CT molecular complexity index is 861. The lowest BCUT2D eigenvalue weighted by molar-refractivity contribution is -0.115. The Labute approximate surface area is 167 Å². The van der Waals surface area contributed by atoms with Gasteiger partial charge in [-0.15, -0.1) is 11.8 Å². The molecule has 3 N–H and O–H groups in total. The molecule has 0 bridgehead atoms. The molecule has 3 amide bonds. The molecule has 0 radical (unpaired) electrons. The van der Waals surface area contributed by atoms with Crippen LogP contribution in [0.15, 0.2) is 41.3 Å². The highest BCUT2D eigenvalue weighted by molar-refractivity contribution is 7.99. The van der Waals surface area contributed by atoms with Crippen LogP contribution in [0.4, 0.5) is 25.0 Å². The molecule has 28 heavy (non-hydrogen) atoms. The Kier molecular flexibility index (Phi) is 7.80. The van der Waals surface area contributed by atoms with Crippen LogP contribution in [0.5, 0.6) is 0 Å². The van der Waals surface area contributed by atoms with Gasteiger partial charge in [-0.3, -0.25) is 4.79 Å². The number of urea groups is 1. The van der Waals surface area contributed by atoms with E-state index in [0.29, 0.717) is 10.9 Å². The number of amides is 3. The van der Waals surface area contributed by atoms with Gasteiger partial charge >= 0.3 is 6.03 Å². The number of aryl methyl sites for hydroxylation is 1. The fourth-order valence-electron chi connectivity index (χ4n) is 2.27. The van der Waals surface area contributed by atoms with Crippen LogP contribution in [0.1, 0.15) is 25.8 Å². The normalized spacial score (nSPS) is 11.6. The van der Waals surface area contributed by atoms with Crippen molar-refractivity contribution in [3.63, 3.8) is 0 Å². The molecule has 0 spiro atoms. The quantitative estimate of drug-likeness (QED) is 0.571. The van der Waals surface area contributed by atoms with E-state index >= 15 is 0 Å². The summed E-state index contributed by atoms with van der Waals surface area (Å²) in [5.41, 5.74) is 1.66. The summed E-state index contributed by atoms with van der Waals surface area (Å²) >= 11 is 1.77. The first-order chi connectivity index (χ1) is 13.3. The fraction of sp³-hybridized carbons (Fsp3) is 0.300. The largest absolute Gasteiger partial charge is 0.329 e. The molecule has 8 heteroatoms. The Balaban J connectivity index is 1.84. The van der Waals surface area contributed by atoms with Crippen molar-refractivity contribution < 1.29 is 18.4 Å². The maximum atomic E-state index is 13.1. The zero-order valence-corrected chi connectivity index (χ0v) is 16.8. The first-order valence-electron chi connectivity index (χ1n) is 8.85. The van der Waals surface area contributed by atoms with Crippen LogP contribution in [-0.4, -0.2) is 23.7 Å². The van der Waals surface area contributed by atoms with Gasteiger partial charge in [-0.1, -0.05) is 13.8 Å². The highest BCUT2D eigenvalue weighted by Gasteiger charge is 2.10. The molecule has 0 saturated heterocycles. The Morgan fingerprint density at radius 1 is 1.07 bits per heavy atom. The Hall–Kier alpha value is -2.61. The van der Waals surface area contributed by atoms with Gasteiger partial charge in [0.05, 0.1) is 6.54 Å². The van der Waals surface area contributed by atoms with E-state index < -0.39 is 23.6 Å². The lowest BCUT2D eigenvalue weighted by atomic mass is 10.2. The summed E-state index contributed by atoms with van der Waals surface area (Å²) in [5.74, 6) is -2.62. The van der Waals surface area contributed by atoms with Crippen LogP contribution in [0.2, 0.25) is 0 Å². The fourth-order valence-corrected chi connectivity index (χ4v) is 3.29. The topological polar surface area (TPSA) is 70.2 Å². The van der Waals surface area contributed by atoms with Gasteiger partial charge in [0.15, 0.2) is 11.6 Å². The van der Waals surface area contributed by atoms with E-state index in [4.69, 9.17) is 0 Å². The summed E-state index contributed by atoms with van der Waals surface area (Å²) in [6, 6.07) is 8.25. The first kappa shape index (κ1) is 21.7. The number of hydrogen-bond acceptors (Lipinski definition) is 3. The van der Waals surface area contributed by atoms with E-state index in [2.05, 4.69) is 29.8 Å². The summed E-state index contributed by atoms with van der Waals surface area (Å²) in [6.07, 6.45) is 1.07. The molecule has 5 nitrogen and oxygen atoms in total. The van der Waals surface area contributed by atoms with Gasteiger partial charge in [-0.2, -0.15) is 0 Å². The highest BCUT2D eigenvalue weighted by Crippen LogP contribution is 2.28. The lowest BCUT2D eigenvalue weighted by Crippen LogP contribution is -2.35. The molecule has 0 heterocycles. The predicted molar refractivity (Wildman–Crippen MR) is 109 cm³/mol. The molecular weight excluding hydrogens is 384 g/mol. The van der Waals surface area contributed by atoms with Crippen molar-refractivity contribution in [2.24, 2.45) is 0 Å². The summed E-state index contributed by atoms with van der Waals surface area (Å²) in [6.45, 7) is 5.87. The zero-order chi connectivity index (χ0) is 20.7. The van der Waals surface area contributed by atoms with Gasteiger partial charge in [0.2, 0.25) is 5.91 Å². The van der Waals surface area contributed by atoms with Crippen LogP contribution >= 0.6 is 11.8 Å². The van der Waals surface area contributed by atoms with Crippen molar-refractivity contribution in [1.29, 1.82) is 0 Å². The molecule has 150 valence electrons. The van der Waals surface area contributed by atoms with Crippen molar-refractivity contribution in [2.75, 3.05) is 17.2 Å². The third kappa shape index (κ3) is 6.53. The summed E-state index contributed by atoms with van der Waals surface area (Å²) in [7, 11) is 0. The molecular formula is C20H23F2N3O2S. The molecule has 0 saturated carbocycles. The van der Waals surface area contributed by atoms with Crippen molar-refractivity contribution in [2.45, 2.75) is 37.3 Å². The van der Waals surface area contributed by atoms with Crippen molar-refractivity contribution >= 4 is 35.1 Å². The number of nitrogens with one attached hydrogen (secondary N) is 3. The van der Waals surface area contributed by atoms with Gasteiger partial charge in [-0.25, -0.2) is 13.6 Å². The molecule has 1 unspecified atom stereocenters. The predicted octanol–water partition coefficient (Wildman–Crippen LogP) is 4.92. The molecule has 2 aromatic rings. The van der Waals surface area contributed by atoms with E-state index in [1.807, 2.05) is 25.1 Å². The number of hydrogen-bond donors (Lipinski definition) is 3. The van der Waals surface area contributed by atoms with Crippen molar-refractivity contribution in [1.82, 2.24) is 5.32 Å². The minimum Gasteiger partial charge on any atom is -0.329 e. The van der Waals surface area contributed by atoms with E-state index in [0.717, 1.165) is 29.0 Å². The van der Waals surface area contributed by atoms with Crippen molar-refractivity contribution in [3.8, 4) is 0 Å². The summed E-state index contributed by atoms with van der Waals surface area (Å²) < 4.78 is 26.0. The smallest absolute Gasteiger partial charge is 0.319 e. The summed E-state index contributed by atoms with van der Waals surface area (Å²) in [5, 5.41) is 8.01. The number of carbonyl (C=O) groups is 2. The SMILES string of the molecule is CCC(C)Sc1ccc(NC(=O)NCC(=O)Nc2ccc(F)c(F)c2)c(C)c1. The highest BCUT2D eigenvalue weighted by atomic mass is 32.2. The number of carbonyl (C=O) groups excluding carboxylic acids is 2. The Morgan fingerprint density at radius 2 is 1.82 bits per heavy atom. The molecule has 0 aliphatic heterocycles. The van der Waals surface area contributed by atoms with E-state index in [1.54, 1.807) is 11.8 Å². The average Bonchev–Trinajstić information content (AvgIpc) is 2.65. The number of halogens is 2. The average molecular weight is 407 g/mol. The van der Waals surface area contributed by atoms with Crippen LogP contribution < -0.4 is 16.0 Å². The number of rotatable bonds is 7. The van der Waals surface area contributed by atoms with Crippen LogP contribution in [0, 0.1) is 18.6 Å². The van der Waals surface area contributed by atoms with Gasteiger partial charge in [0.1, 0.15) is 0 Å².